The van der Waals surface area contributed by atoms with Crippen molar-refractivity contribution < 1.29 is 46.6 Å². The summed E-state index contributed by atoms with van der Waals surface area (Å²) < 4.78 is 54.3. The molecule has 1 saturated carbocycles. The Labute approximate surface area is 318 Å². The maximum Gasteiger partial charge on any atom is 0.410 e. The van der Waals surface area contributed by atoms with E-state index in [4.69, 9.17) is 9.47 Å². The van der Waals surface area contributed by atoms with Crippen LogP contribution in [-0.4, -0.2) is 82.1 Å². The molecule has 0 spiro atoms. The van der Waals surface area contributed by atoms with E-state index in [0.717, 1.165) is 25.0 Å². The van der Waals surface area contributed by atoms with Crippen LogP contribution in [0.25, 0.3) is 0 Å². The maximum absolute atomic E-state index is 14.4. The van der Waals surface area contributed by atoms with Crippen molar-refractivity contribution in [1.82, 2.24) is 25.8 Å². The highest BCUT2D eigenvalue weighted by molar-refractivity contribution is 5.98. The predicted molar refractivity (Wildman–Crippen MR) is 193 cm³/mol. The monoisotopic (exact) mass is 767 g/mol. The highest BCUT2D eigenvalue weighted by Gasteiger charge is 2.61. The van der Waals surface area contributed by atoms with E-state index < -0.39 is 76.7 Å². The number of carbonyl (C=O) groups is 5. The lowest BCUT2D eigenvalue weighted by Crippen LogP contribution is -2.58. The van der Waals surface area contributed by atoms with Gasteiger partial charge in [-0.2, -0.15) is 0 Å². The third-order valence-electron chi connectivity index (χ3n) is 10.5. The number of rotatable bonds is 6. The van der Waals surface area contributed by atoms with Crippen molar-refractivity contribution in [2.75, 3.05) is 13.1 Å². The third kappa shape index (κ3) is 9.25. The van der Waals surface area contributed by atoms with Gasteiger partial charge in [0.1, 0.15) is 46.8 Å². The number of halogens is 3. The molecule has 12 nitrogen and oxygen atoms in total. The van der Waals surface area contributed by atoms with E-state index in [0.29, 0.717) is 24.0 Å². The fraction of sp³-hybridized carbons (Fsp3) is 0.525. The van der Waals surface area contributed by atoms with Crippen LogP contribution in [0.3, 0.4) is 0 Å². The molecule has 4 unspecified atom stereocenters. The van der Waals surface area contributed by atoms with Gasteiger partial charge in [-0.15, -0.1) is 0 Å². The fourth-order valence-electron chi connectivity index (χ4n) is 7.57. The van der Waals surface area contributed by atoms with Crippen molar-refractivity contribution >= 4 is 29.9 Å². The van der Waals surface area contributed by atoms with Crippen molar-refractivity contribution in [2.45, 2.75) is 115 Å². The highest BCUT2D eigenvalue weighted by atomic mass is 19.1. The van der Waals surface area contributed by atoms with Gasteiger partial charge in [-0.1, -0.05) is 43.2 Å². The molecule has 3 aliphatic heterocycles. The van der Waals surface area contributed by atoms with Gasteiger partial charge in [0.05, 0.1) is 13.1 Å². The molecular formula is C40H48F3N5O7. The molecule has 2 fully saturated rings. The van der Waals surface area contributed by atoms with Gasteiger partial charge < -0.3 is 30.3 Å². The number of hydrogen-bond acceptors (Lipinski definition) is 7. The van der Waals surface area contributed by atoms with Gasteiger partial charge in [0, 0.05) is 36.6 Å². The quantitative estimate of drug-likeness (QED) is 0.344. The number of alkyl carbamates (subject to hydrolysis) is 1. The second kappa shape index (κ2) is 16.3. The number of ether oxygens (including phenoxy) is 2. The Morgan fingerprint density at radius 1 is 0.982 bits per heavy atom. The third-order valence-corrected chi connectivity index (χ3v) is 10.5. The lowest BCUT2D eigenvalue weighted by molar-refractivity contribution is -0.141. The summed E-state index contributed by atoms with van der Waals surface area (Å²) in [6.07, 6.45) is 4.37. The first-order valence-corrected chi connectivity index (χ1v) is 18.9. The number of nitrogens with one attached hydrogen (secondary N) is 3. The summed E-state index contributed by atoms with van der Waals surface area (Å²) >= 11 is 0. The van der Waals surface area contributed by atoms with Gasteiger partial charge in [0.2, 0.25) is 17.7 Å². The van der Waals surface area contributed by atoms with E-state index in [1.807, 2.05) is 12.2 Å². The number of fused-ring (bicyclic) bond motifs is 3. The van der Waals surface area contributed by atoms with Crippen molar-refractivity contribution in [3.8, 4) is 0 Å². The van der Waals surface area contributed by atoms with Crippen LogP contribution >= 0.6 is 0 Å². The zero-order chi connectivity index (χ0) is 39.5. The molecular weight excluding hydrogens is 719 g/mol. The minimum absolute atomic E-state index is 0.00189. The summed E-state index contributed by atoms with van der Waals surface area (Å²) in [4.78, 5) is 71.3. The first-order valence-electron chi connectivity index (χ1n) is 18.9. The van der Waals surface area contributed by atoms with Gasteiger partial charge in [0.25, 0.3) is 0 Å². The fourth-order valence-corrected chi connectivity index (χ4v) is 7.57. The van der Waals surface area contributed by atoms with E-state index in [-0.39, 0.29) is 63.3 Å². The first kappa shape index (κ1) is 39.6. The van der Waals surface area contributed by atoms with Crippen LogP contribution in [0.1, 0.15) is 82.4 Å². The van der Waals surface area contributed by atoms with Gasteiger partial charge >= 0.3 is 12.2 Å². The summed E-state index contributed by atoms with van der Waals surface area (Å²) in [5, 5.41) is 8.30. The Morgan fingerprint density at radius 3 is 2.44 bits per heavy atom. The topological polar surface area (TPSA) is 146 Å². The SMILES string of the molecule is CC(C)(C)OC(=O)NC1CCCCCC=CC2CC2(C(=O)NCCc2c(F)cccc2F)NC(=O)[C@@H]2CC(OC(=O)N3Cc4cccc(F)c4C3)CN2C1=O. The average Bonchev–Trinajstić information content (AvgIpc) is 3.41. The van der Waals surface area contributed by atoms with E-state index in [9.17, 15) is 37.1 Å². The average molecular weight is 768 g/mol. The van der Waals surface area contributed by atoms with Crippen LogP contribution < -0.4 is 16.0 Å². The Hall–Kier alpha value is -5.08. The molecule has 0 bridgehead atoms. The van der Waals surface area contributed by atoms with Crippen LogP contribution in [-0.2, 0) is 43.4 Å². The van der Waals surface area contributed by atoms with Gasteiger partial charge in [-0.25, -0.2) is 22.8 Å². The molecule has 55 heavy (non-hydrogen) atoms. The summed E-state index contributed by atoms with van der Waals surface area (Å²) in [5.41, 5.74) is -1.37. The lowest BCUT2D eigenvalue weighted by Gasteiger charge is -2.30. The molecule has 4 aliphatic rings. The molecule has 3 N–H and O–H groups in total. The standard InChI is InChI=1S/C40H48F3N5O7/c1-39(2,3)55-37(52)45-32-16-8-6-4-5-7-12-25-20-40(25,36(51)44-18-17-27-29(41)14-10-15-30(27)42)46-34(49)33-19-26(22-48(33)35(32)50)54-38(53)47-21-24-11-9-13-31(43)28(24)23-47/h7,9-15,25-26,32-33H,4-6,8,16-23H2,1-3H3,(H,44,51)(H,45,52)(H,46,49)/t25?,26?,32?,33-,40?/m0/s1. The number of benzene rings is 2. The van der Waals surface area contributed by atoms with Crippen molar-refractivity contribution in [2.24, 2.45) is 5.92 Å². The Bertz CT molecular complexity index is 1830. The molecule has 15 heteroatoms. The number of allylic oxidation sites excluding steroid dienone is 1. The number of carbonyl (C=O) groups excluding carboxylic acids is 5. The van der Waals surface area contributed by atoms with Crippen molar-refractivity contribution in [3.63, 3.8) is 0 Å². The molecule has 0 radical (unpaired) electrons. The molecule has 2 aromatic carbocycles. The molecule has 1 aliphatic carbocycles. The highest BCUT2D eigenvalue weighted by Crippen LogP contribution is 2.45. The zero-order valence-corrected chi connectivity index (χ0v) is 31.3. The molecule has 296 valence electrons. The minimum Gasteiger partial charge on any atom is -0.444 e. The number of nitrogens with zero attached hydrogens (tertiary/aromatic N) is 2. The summed E-state index contributed by atoms with van der Waals surface area (Å²) in [6, 6.07) is 5.86. The van der Waals surface area contributed by atoms with Gasteiger partial charge in [-0.05, 0) is 76.6 Å². The Balaban J connectivity index is 1.22. The lowest BCUT2D eigenvalue weighted by atomic mass is 10.0. The molecule has 0 aromatic heterocycles. The zero-order valence-electron chi connectivity index (χ0n) is 31.3. The van der Waals surface area contributed by atoms with Crippen LogP contribution in [0.5, 0.6) is 0 Å². The molecule has 5 amide bonds. The molecule has 1 saturated heterocycles. The Kier molecular flexibility index (Phi) is 11.8. The van der Waals surface area contributed by atoms with E-state index in [2.05, 4.69) is 16.0 Å². The summed E-state index contributed by atoms with van der Waals surface area (Å²) in [7, 11) is 0. The molecule has 2 aromatic rings. The van der Waals surface area contributed by atoms with Crippen LogP contribution in [0.2, 0.25) is 0 Å². The largest absolute Gasteiger partial charge is 0.444 e. The molecule has 3 heterocycles. The van der Waals surface area contributed by atoms with E-state index >= 15 is 0 Å². The Morgan fingerprint density at radius 2 is 1.71 bits per heavy atom. The smallest absolute Gasteiger partial charge is 0.410 e. The maximum atomic E-state index is 14.4. The second-order valence-electron chi connectivity index (χ2n) is 15.7. The van der Waals surface area contributed by atoms with Crippen molar-refractivity contribution in [1.29, 1.82) is 0 Å². The van der Waals surface area contributed by atoms with Gasteiger partial charge in [0.15, 0.2) is 0 Å². The number of hydrogen-bond donors (Lipinski definition) is 3. The normalized spacial score (nSPS) is 25.4. The van der Waals surface area contributed by atoms with E-state index in [1.54, 1.807) is 32.9 Å². The second-order valence-corrected chi connectivity index (χ2v) is 15.7. The molecule has 5 atom stereocenters. The number of amides is 5. The molecule has 6 rings (SSSR count). The van der Waals surface area contributed by atoms with E-state index in [1.165, 1.54) is 21.9 Å². The first-order chi connectivity index (χ1) is 26.1. The van der Waals surface area contributed by atoms with Gasteiger partial charge in [-0.3, -0.25) is 19.3 Å². The van der Waals surface area contributed by atoms with Crippen LogP contribution in [0, 0.1) is 23.4 Å². The summed E-state index contributed by atoms with van der Waals surface area (Å²) in [6.45, 7) is 4.93. The van der Waals surface area contributed by atoms with Crippen LogP contribution in [0.15, 0.2) is 48.6 Å². The predicted octanol–water partition coefficient (Wildman–Crippen LogP) is 5.17. The van der Waals surface area contributed by atoms with Crippen LogP contribution in [0.4, 0.5) is 22.8 Å². The summed E-state index contributed by atoms with van der Waals surface area (Å²) in [5.74, 6) is -4.07. The minimum atomic E-state index is -1.40. The van der Waals surface area contributed by atoms with Crippen molar-refractivity contribution in [3.05, 3.63) is 82.7 Å².